The van der Waals surface area contributed by atoms with Crippen molar-refractivity contribution in [3.8, 4) is 0 Å². The van der Waals surface area contributed by atoms with Gasteiger partial charge in [-0.25, -0.2) is 17.6 Å². The Bertz CT molecular complexity index is 200. The minimum Gasteiger partial charge on any atom is -0.396 e. The average molecular weight is 250 g/mol. The lowest BCUT2D eigenvalue weighted by Gasteiger charge is -2.35. The van der Waals surface area contributed by atoms with E-state index >= 15 is 0 Å². The first kappa shape index (κ1) is 15.6. The molecule has 2 nitrogen and oxygen atoms in total. The van der Waals surface area contributed by atoms with Crippen LogP contribution in [0.4, 0.5) is 22.0 Å². The normalized spacial score (nSPS) is 16.5. The van der Waals surface area contributed by atoms with Crippen molar-refractivity contribution in [1.29, 1.82) is 0 Å². The van der Waals surface area contributed by atoms with Gasteiger partial charge in [0.05, 0.1) is 6.67 Å². The molecule has 0 saturated carbocycles. The summed E-state index contributed by atoms with van der Waals surface area (Å²) < 4.78 is 62.6. The average Bonchev–Trinajstić information content (AvgIpc) is 2.13. The molecule has 0 spiro atoms. The lowest BCUT2D eigenvalue weighted by molar-refractivity contribution is -0.208. The zero-order chi connectivity index (χ0) is 12.8. The Morgan fingerprint density at radius 1 is 1.12 bits per heavy atom. The second-order valence-corrected chi connectivity index (χ2v) is 3.60. The molecule has 0 aliphatic rings. The van der Waals surface area contributed by atoms with Crippen LogP contribution in [0.1, 0.15) is 25.7 Å². The molecule has 0 aliphatic carbocycles. The van der Waals surface area contributed by atoms with E-state index in [1.165, 1.54) is 0 Å². The molecule has 2 N–H and O–H groups in total. The Morgan fingerprint density at radius 2 is 1.69 bits per heavy atom. The maximum absolute atomic E-state index is 13.3. The Kier molecular flexibility index (Phi) is 6.17. The van der Waals surface area contributed by atoms with E-state index in [-0.39, 0.29) is 0 Å². The van der Waals surface area contributed by atoms with Gasteiger partial charge in [-0.15, -0.1) is 0 Å². The molecule has 0 aromatic heterocycles. The first-order valence-corrected chi connectivity index (χ1v) is 4.84. The molecule has 0 aromatic carbocycles. The largest absolute Gasteiger partial charge is 0.396 e. The van der Waals surface area contributed by atoms with Crippen LogP contribution >= 0.6 is 0 Å². The van der Waals surface area contributed by atoms with Crippen LogP contribution < -0.4 is 0 Å². The monoisotopic (exact) mass is 250 g/mol. The summed E-state index contributed by atoms with van der Waals surface area (Å²) in [7, 11) is 0. The summed E-state index contributed by atoms with van der Waals surface area (Å²) in [6, 6.07) is 0. The van der Waals surface area contributed by atoms with E-state index in [0.717, 1.165) is 0 Å². The van der Waals surface area contributed by atoms with Crippen LogP contribution in [0, 0.1) is 0 Å². The quantitative estimate of drug-likeness (QED) is 0.648. The van der Waals surface area contributed by atoms with E-state index < -0.39 is 56.9 Å². The molecule has 7 heteroatoms. The molecular formula is C9H15F5O2. The van der Waals surface area contributed by atoms with Crippen molar-refractivity contribution >= 4 is 0 Å². The van der Waals surface area contributed by atoms with Crippen molar-refractivity contribution in [3.63, 3.8) is 0 Å². The van der Waals surface area contributed by atoms with Gasteiger partial charge in [0.15, 0.2) is 0 Å². The summed E-state index contributed by atoms with van der Waals surface area (Å²) >= 11 is 0. The highest BCUT2D eigenvalue weighted by molar-refractivity contribution is 4.93. The van der Waals surface area contributed by atoms with Crippen LogP contribution in [-0.4, -0.2) is 41.4 Å². The van der Waals surface area contributed by atoms with E-state index in [1.807, 2.05) is 0 Å². The van der Waals surface area contributed by atoms with Gasteiger partial charge in [0.2, 0.25) is 6.43 Å². The SMILES string of the molecule is OCCC(O)(CC(F)F)C(F)(F)CCCF. The van der Waals surface area contributed by atoms with Gasteiger partial charge in [-0.1, -0.05) is 0 Å². The Morgan fingerprint density at radius 3 is 2.06 bits per heavy atom. The first-order chi connectivity index (χ1) is 7.29. The molecule has 0 radical (unpaired) electrons. The molecular weight excluding hydrogens is 235 g/mol. The van der Waals surface area contributed by atoms with Gasteiger partial charge in [0.25, 0.3) is 5.92 Å². The fourth-order valence-corrected chi connectivity index (χ4v) is 1.40. The number of hydrogen-bond acceptors (Lipinski definition) is 2. The van der Waals surface area contributed by atoms with E-state index in [4.69, 9.17) is 5.11 Å². The van der Waals surface area contributed by atoms with Crippen molar-refractivity contribution in [1.82, 2.24) is 0 Å². The van der Waals surface area contributed by atoms with E-state index in [9.17, 15) is 27.1 Å². The summed E-state index contributed by atoms with van der Waals surface area (Å²) in [4.78, 5) is 0. The van der Waals surface area contributed by atoms with Crippen molar-refractivity contribution < 1.29 is 32.2 Å². The third kappa shape index (κ3) is 4.21. The topological polar surface area (TPSA) is 40.5 Å². The van der Waals surface area contributed by atoms with E-state index in [0.29, 0.717) is 0 Å². The summed E-state index contributed by atoms with van der Waals surface area (Å²) in [5, 5.41) is 17.9. The predicted octanol–water partition coefficient (Wildman–Crippen LogP) is 2.14. The fourth-order valence-electron chi connectivity index (χ4n) is 1.40. The van der Waals surface area contributed by atoms with Gasteiger partial charge in [-0.3, -0.25) is 4.39 Å². The highest BCUT2D eigenvalue weighted by Crippen LogP contribution is 2.39. The van der Waals surface area contributed by atoms with Crippen molar-refractivity contribution in [2.75, 3.05) is 13.3 Å². The number of aliphatic hydroxyl groups is 2. The third-order valence-electron chi connectivity index (χ3n) is 2.32. The number of aliphatic hydroxyl groups excluding tert-OH is 1. The number of rotatable bonds is 8. The molecule has 0 aliphatic heterocycles. The number of alkyl halides is 5. The van der Waals surface area contributed by atoms with Crippen molar-refractivity contribution in [3.05, 3.63) is 0 Å². The first-order valence-electron chi connectivity index (χ1n) is 4.84. The van der Waals surface area contributed by atoms with Gasteiger partial charge in [0.1, 0.15) is 5.60 Å². The fraction of sp³-hybridized carbons (Fsp3) is 1.00. The molecule has 98 valence electrons. The maximum Gasteiger partial charge on any atom is 0.276 e. The van der Waals surface area contributed by atoms with Gasteiger partial charge in [-0.05, 0) is 6.42 Å². The third-order valence-corrected chi connectivity index (χ3v) is 2.32. The van der Waals surface area contributed by atoms with Gasteiger partial charge in [-0.2, -0.15) is 0 Å². The van der Waals surface area contributed by atoms with Gasteiger partial charge >= 0.3 is 0 Å². The summed E-state index contributed by atoms with van der Waals surface area (Å²) in [5.74, 6) is -3.84. The van der Waals surface area contributed by atoms with Crippen LogP contribution in [0.15, 0.2) is 0 Å². The predicted molar refractivity (Wildman–Crippen MR) is 47.4 cm³/mol. The number of halogens is 5. The van der Waals surface area contributed by atoms with Crippen LogP contribution in [0.25, 0.3) is 0 Å². The van der Waals surface area contributed by atoms with Crippen molar-refractivity contribution in [2.24, 2.45) is 0 Å². The number of hydrogen-bond donors (Lipinski definition) is 2. The molecule has 0 bridgehead atoms. The molecule has 0 saturated heterocycles. The summed E-state index contributed by atoms with van der Waals surface area (Å²) in [5.41, 5.74) is -2.98. The van der Waals surface area contributed by atoms with Crippen molar-refractivity contribution in [2.45, 2.75) is 43.6 Å². The van der Waals surface area contributed by atoms with Crippen LogP contribution in [0.3, 0.4) is 0 Å². The zero-order valence-corrected chi connectivity index (χ0v) is 8.60. The minimum absolute atomic E-state index is 0.524. The highest BCUT2D eigenvalue weighted by Gasteiger charge is 2.52. The summed E-state index contributed by atoms with van der Waals surface area (Å²) in [6.45, 7) is -1.85. The lowest BCUT2D eigenvalue weighted by atomic mass is 9.86. The molecule has 0 aromatic rings. The molecule has 0 amide bonds. The second-order valence-electron chi connectivity index (χ2n) is 3.60. The molecule has 1 atom stereocenters. The van der Waals surface area contributed by atoms with E-state index in [1.54, 1.807) is 0 Å². The molecule has 0 heterocycles. The Labute approximate surface area is 90.1 Å². The van der Waals surface area contributed by atoms with Crippen LogP contribution in [0.5, 0.6) is 0 Å². The van der Waals surface area contributed by atoms with Crippen LogP contribution in [0.2, 0.25) is 0 Å². The van der Waals surface area contributed by atoms with Gasteiger partial charge < -0.3 is 10.2 Å². The molecule has 0 rings (SSSR count). The van der Waals surface area contributed by atoms with Crippen LogP contribution in [-0.2, 0) is 0 Å². The molecule has 16 heavy (non-hydrogen) atoms. The highest BCUT2D eigenvalue weighted by atomic mass is 19.3. The smallest absolute Gasteiger partial charge is 0.276 e. The Balaban J connectivity index is 4.70. The van der Waals surface area contributed by atoms with E-state index in [2.05, 4.69) is 0 Å². The molecule has 1 unspecified atom stereocenters. The van der Waals surface area contributed by atoms with Gasteiger partial charge in [0, 0.05) is 25.9 Å². The lowest BCUT2D eigenvalue weighted by Crippen LogP contribution is -2.50. The second kappa shape index (κ2) is 6.34. The summed E-state index contributed by atoms with van der Waals surface area (Å²) in [6.07, 6.45) is -6.96. The maximum atomic E-state index is 13.3. The minimum atomic E-state index is -3.84. The molecule has 0 fully saturated rings. The Hall–Kier alpha value is -0.430. The standard InChI is InChI=1S/C9H15F5O2/c10-4-1-2-9(13,14)8(16,3-5-15)6-7(11)12/h7,15-16H,1-6H2. The zero-order valence-electron chi connectivity index (χ0n) is 8.60.